The summed E-state index contributed by atoms with van der Waals surface area (Å²) < 4.78 is 15.1. The van der Waals surface area contributed by atoms with Crippen LogP contribution < -0.4 is 5.43 Å². The zero-order valence-corrected chi connectivity index (χ0v) is 9.95. The Hall–Kier alpha value is -1.75. The third kappa shape index (κ3) is 1.62. The molecule has 0 unspecified atom stereocenters. The fraction of sp³-hybridized carbons (Fsp3) is 0.250. The molecular formula is C12H8ClFN2O2. The summed E-state index contributed by atoms with van der Waals surface area (Å²) in [5, 5.41) is -0.177. The first-order chi connectivity index (χ1) is 8.61. The normalized spacial score (nSPS) is 15.0. The van der Waals surface area contributed by atoms with Gasteiger partial charge in [0, 0.05) is 12.2 Å². The van der Waals surface area contributed by atoms with Gasteiger partial charge in [-0.15, -0.1) is 0 Å². The molecule has 6 heteroatoms. The van der Waals surface area contributed by atoms with E-state index in [1.54, 1.807) is 4.57 Å². The fourth-order valence-electron chi connectivity index (χ4n) is 1.96. The number of hydrogen-bond donors (Lipinski definition) is 0. The van der Waals surface area contributed by atoms with Crippen molar-refractivity contribution in [3.8, 4) is 0 Å². The quantitative estimate of drug-likeness (QED) is 0.619. The third-order valence-electron chi connectivity index (χ3n) is 3.01. The van der Waals surface area contributed by atoms with Crippen LogP contribution in [0.2, 0.25) is 5.15 Å². The van der Waals surface area contributed by atoms with E-state index in [0.717, 1.165) is 18.9 Å². The lowest BCUT2D eigenvalue weighted by Crippen LogP contribution is -2.15. The molecule has 0 atom stereocenters. The summed E-state index contributed by atoms with van der Waals surface area (Å²) in [6.45, 7) is 0. The Balaban J connectivity index is 2.46. The van der Waals surface area contributed by atoms with Gasteiger partial charge in [-0.05, 0) is 18.9 Å². The summed E-state index contributed by atoms with van der Waals surface area (Å²) in [5.41, 5.74) is -0.169. The maximum atomic E-state index is 13.4. The summed E-state index contributed by atoms with van der Waals surface area (Å²) in [4.78, 5) is 26.7. The average Bonchev–Trinajstić information content (AvgIpc) is 3.17. The molecule has 3 rings (SSSR count). The number of carbonyl (C=O) groups is 1. The summed E-state index contributed by atoms with van der Waals surface area (Å²) in [7, 11) is 0. The fourth-order valence-corrected chi connectivity index (χ4v) is 2.10. The van der Waals surface area contributed by atoms with Crippen LogP contribution in [0.1, 0.15) is 29.2 Å². The SMILES string of the molecule is O=Cc1cn(C2CC2)c2nc(Cl)c(F)cc2c1=O. The molecule has 18 heavy (non-hydrogen) atoms. The van der Waals surface area contributed by atoms with Crippen molar-refractivity contribution in [3.63, 3.8) is 0 Å². The van der Waals surface area contributed by atoms with Crippen molar-refractivity contribution >= 4 is 28.9 Å². The molecule has 0 aromatic carbocycles. The Morgan fingerprint density at radius 2 is 2.22 bits per heavy atom. The van der Waals surface area contributed by atoms with Crippen molar-refractivity contribution in [3.05, 3.63) is 39.0 Å². The number of fused-ring (bicyclic) bond motifs is 1. The summed E-state index contributed by atoms with van der Waals surface area (Å²) >= 11 is 5.64. The lowest BCUT2D eigenvalue weighted by atomic mass is 10.2. The van der Waals surface area contributed by atoms with Crippen molar-refractivity contribution in [2.24, 2.45) is 0 Å². The molecule has 92 valence electrons. The minimum Gasteiger partial charge on any atom is -0.328 e. The van der Waals surface area contributed by atoms with Gasteiger partial charge in [0.15, 0.2) is 17.3 Å². The molecular weight excluding hydrogens is 259 g/mol. The summed E-state index contributed by atoms with van der Waals surface area (Å²) in [6.07, 6.45) is 3.85. The molecule has 0 amide bonds. The highest BCUT2D eigenvalue weighted by atomic mass is 35.5. The van der Waals surface area contributed by atoms with Gasteiger partial charge in [-0.2, -0.15) is 0 Å². The molecule has 0 spiro atoms. The minimum atomic E-state index is -0.758. The Morgan fingerprint density at radius 1 is 1.50 bits per heavy atom. The number of nitrogens with zero attached hydrogens (tertiary/aromatic N) is 2. The molecule has 2 aromatic rings. The number of aromatic nitrogens is 2. The number of hydrogen-bond acceptors (Lipinski definition) is 3. The van der Waals surface area contributed by atoms with Crippen LogP contribution in [0, 0.1) is 5.82 Å². The van der Waals surface area contributed by atoms with Gasteiger partial charge in [0.25, 0.3) is 0 Å². The van der Waals surface area contributed by atoms with Gasteiger partial charge in [0.05, 0.1) is 10.9 Å². The molecule has 0 N–H and O–H groups in total. The maximum absolute atomic E-state index is 13.4. The molecule has 1 aliphatic rings. The van der Waals surface area contributed by atoms with Crippen LogP contribution in [0.5, 0.6) is 0 Å². The molecule has 1 saturated carbocycles. The molecule has 0 saturated heterocycles. The zero-order chi connectivity index (χ0) is 12.9. The second-order valence-electron chi connectivity index (χ2n) is 4.30. The van der Waals surface area contributed by atoms with Crippen LogP contribution in [0.15, 0.2) is 17.1 Å². The van der Waals surface area contributed by atoms with Gasteiger partial charge in [0.1, 0.15) is 5.65 Å². The summed E-state index contributed by atoms with van der Waals surface area (Å²) in [6, 6.07) is 1.25. The van der Waals surface area contributed by atoms with Crippen LogP contribution in [0.25, 0.3) is 11.0 Å². The molecule has 1 fully saturated rings. The second kappa shape index (κ2) is 3.88. The second-order valence-corrected chi connectivity index (χ2v) is 4.66. The molecule has 0 radical (unpaired) electrons. The van der Waals surface area contributed by atoms with E-state index >= 15 is 0 Å². The van der Waals surface area contributed by atoms with Crippen LogP contribution in [0.3, 0.4) is 0 Å². The highest BCUT2D eigenvalue weighted by Crippen LogP contribution is 2.36. The van der Waals surface area contributed by atoms with E-state index in [1.807, 2.05) is 0 Å². The molecule has 1 aliphatic carbocycles. The van der Waals surface area contributed by atoms with E-state index in [2.05, 4.69) is 4.98 Å². The van der Waals surface area contributed by atoms with Gasteiger partial charge in [-0.3, -0.25) is 9.59 Å². The van der Waals surface area contributed by atoms with Crippen LogP contribution in [-0.2, 0) is 0 Å². The summed E-state index contributed by atoms with van der Waals surface area (Å²) in [5.74, 6) is -0.758. The first-order valence-electron chi connectivity index (χ1n) is 5.48. The van der Waals surface area contributed by atoms with E-state index in [1.165, 1.54) is 6.20 Å². The smallest absolute Gasteiger partial charge is 0.201 e. The highest BCUT2D eigenvalue weighted by Gasteiger charge is 2.26. The third-order valence-corrected chi connectivity index (χ3v) is 3.27. The lowest BCUT2D eigenvalue weighted by Gasteiger charge is -2.10. The first-order valence-corrected chi connectivity index (χ1v) is 5.85. The molecule has 0 bridgehead atoms. The molecule has 0 aliphatic heterocycles. The van der Waals surface area contributed by atoms with Crippen molar-refractivity contribution in [1.82, 2.24) is 9.55 Å². The number of aldehydes is 1. The van der Waals surface area contributed by atoms with Gasteiger partial charge < -0.3 is 4.57 Å². The first kappa shape index (κ1) is 11.3. The van der Waals surface area contributed by atoms with Crippen molar-refractivity contribution in [2.45, 2.75) is 18.9 Å². The Labute approximate surface area is 106 Å². The Kier molecular flexibility index (Phi) is 2.45. The highest BCUT2D eigenvalue weighted by molar-refractivity contribution is 6.29. The number of rotatable bonds is 2. The molecule has 4 nitrogen and oxygen atoms in total. The van der Waals surface area contributed by atoms with E-state index < -0.39 is 11.2 Å². The number of carbonyl (C=O) groups excluding carboxylic acids is 1. The Morgan fingerprint density at radius 3 is 2.83 bits per heavy atom. The van der Waals surface area contributed by atoms with Gasteiger partial charge in [-0.1, -0.05) is 11.6 Å². The van der Waals surface area contributed by atoms with Crippen molar-refractivity contribution in [2.75, 3.05) is 0 Å². The maximum Gasteiger partial charge on any atom is 0.201 e. The predicted octanol–water partition coefficient (Wildman–Crippen LogP) is 2.34. The van der Waals surface area contributed by atoms with Crippen LogP contribution in [-0.4, -0.2) is 15.8 Å². The standard InChI is InChI=1S/C12H8ClFN2O2/c13-11-9(14)3-8-10(18)6(5-17)4-16(7-1-2-7)12(8)15-11/h3-5,7H,1-2H2. The lowest BCUT2D eigenvalue weighted by molar-refractivity contribution is 0.112. The Bertz CT molecular complexity index is 722. The van der Waals surface area contributed by atoms with Gasteiger partial charge >= 0.3 is 0 Å². The van der Waals surface area contributed by atoms with E-state index in [9.17, 15) is 14.0 Å². The van der Waals surface area contributed by atoms with E-state index in [4.69, 9.17) is 11.6 Å². The zero-order valence-electron chi connectivity index (χ0n) is 9.19. The monoisotopic (exact) mass is 266 g/mol. The number of pyridine rings is 2. The number of halogens is 2. The molecule has 2 aromatic heterocycles. The van der Waals surface area contributed by atoms with Crippen LogP contribution >= 0.6 is 11.6 Å². The van der Waals surface area contributed by atoms with Crippen LogP contribution in [0.4, 0.5) is 4.39 Å². The topological polar surface area (TPSA) is 52.0 Å². The molecule has 2 heterocycles. The average molecular weight is 267 g/mol. The van der Waals surface area contributed by atoms with E-state index in [-0.39, 0.29) is 22.1 Å². The van der Waals surface area contributed by atoms with E-state index in [0.29, 0.717) is 11.9 Å². The van der Waals surface area contributed by atoms with Crippen molar-refractivity contribution < 1.29 is 9.18 Å². The largest absolute Gasteiger partial charge is 0.328 e. The van der Waals surface area contributed by atoms with Gasteiger partial charge in [-0.25, -0.2) is 9.37 Å². The predicted molar refractivity (Wildman–Crippen MR) is 64.6 cm³/mol. The van der Waals surface area contributed by atoms with Gasteiger partial charge in [0.2, 0.25) is 5.43 Å². The minimum absolute atomic E-state index is 0.0120. The van der Waals surface area contributed by atoms with Crippen molar-refractivity contribution in [1.29, 1.82) is 0 Å².